The fourth-order valence-electron chi connectivity index (χ4n) is 2.66. The van der Waals surface area contributed by atoms with E-state index in [1.165, 1.54) is 12.1 Å². The van der Waals surface area contributed by atoms with Gasteiger partial charge in [0.15, 0.2) is 0 Å². The number of amides is 1. The molecule has 2 rings (SSSR count). The Kier molecular flexibility index (Phi) is 7.16. The minimum atomic E-state index is -3.85. The van der Waals surface area contributed by atoms with Gasteiger partial charge in [-0.25, -0.2) is 8.42 Å². The van der Waals surface area contributed by atoms with Crippen LogP contribution in [0.2, 0.25) is 0 Å². The van der Waals surface area contributed by atoms with Crippen molar-refractivity contribution in [1.82, 2.24) is 5.32 Å². The van der Waals surface area contributed by atoms with Crippen LogP contribution in [0.25, 0.3) is 0 Å². The van der Waals surface area contributed by atoms with Gasteiger partial charge < -0.3 is 10.1 Å². The van der Waals surface area contributed by atoms with E-state index in [0.29, 0.717) is 17.9 Å². The zero-order chi connectivity index (χ0) is 21.6. The predicted octanol–water partition coefficient (Wildman–Crippen LogP) is 2.38. The van der Waals surface area contributed by atoms with Crippen LogP contribution in [0.3, 0.4) is 0 Å². The van der Waals surface area contributed by atoms with Gasteiger partial charge in [0.05, 0.1) is 23.5 Å². The molecule has 2 aromatic carbocycles. The fraction of sp³-hybridized carbons (Fsp3) is 0.316. The molecule has 156 valence electrons. The highest BCUT2D eigenvalue weighted by Gasteiger charge is 2.24. The van der Waals surface area contributed by atoms with Crippen LogP contribution in [-0.2, 0) is 21.4 Å². The zero-order valence-corrected chi connectivity index (χ0v) is 17.2. The van der Waals surface area contributed by atoms with Crippen LogP contribution in [0.1, 0.15) is 18.1 Å². The Labute approximate surface area is 169 Å². The molecule has 1 N–H and O–H groups in total. The second-order valence-electron chi connectivity index (χ2n) is 6.35. The number of nitro groups is 1. The van der Waals surface area contributed by atoms with E-state index < -0.39 is 27.4 Å². The molecular formula is C19H23N3O6S. The standard InChI is InChI=1S/C19H23N3O6S/c1-4-28-17-7-5-6-15(10-17)12-20-19(23)13-21(29(3,26)27)18-11-16(22(24)25)9-8-14(18)2/h5-11H,4,12-13H2,1-3H3,(H,20,23). The Bertz CT molecular complexity index is 1010. The lowest BCUT2D eigenvalue weighted by atomic mass is 10.2. The number of sulfonamides is 1. The molecule has 0 aliphatic rings. The number of nitrogens with one attached hydrogen (secondary N) is 1. The highest BCUT2D eigenvalue weighted by atomic mass is 32.2. The molecule has 29 heavy (non-hydrogen) atoms. The molecule has 0 saturated heterocycles. The van der Waals surface area contributed by atoms with Gasteiger partial charge in [0, 0.05) is 18.7 Å². The van der Waals surface area contributed by atoms with Crippen molar-refractivity contribution < 1.29 is 22.9 Å². The third-order valence-corrected chi connectivity index (χ3v) is 5.19. The molecule has 0 radical (unpaired) electrons. The van der Waals surface area contributed by atoms with Crippen LogP contribution < -0.4 is 14.4 Å². The quantitative estimate of drug-likeness (QED) is 0.490. The number of aryl methyl sites for hydroxylation is 1. The van der Waals surface area contributed by atoms with Crippen LogP contribution >= 0.6 is 0 Å². The summed E-state index contributed by atoms with van der Waals surface area (Å²) in [5, 5.41) is 13.7. The molecule has 0 fully saturated rings. The Hall–Kier alpha value is -3.14. The summed E-state index contributed by atoms with van der Waals surface area (Å²) in [4.78, 5) is 22.8. The maximum absolute atomic E-state index is 12.4. The molecule has 0 heterocycles. The minimum absolute atomic E-state index is 0.0928. The van der Waals surface area contributed by atoms with Gasteiger partial charge in [-0.15, -0.1) is 0 Å². The van der Waals surface area contributed by atoms with Crippen molar-refractivity contribution >= 4 is 27.3 Å². The van der Waals surface area contributed by atoms with Crippen molar-refractivity contribution in [3.8, 4) is 5.75 Å². The fourth-order valence-corrected chi connectivity index (χ4v) is 3.57. The molecule has 0 spiro atoms. The zero-order valence-electron chi connectivity index (χ0n) is 16.4. The number of carbonyl (C=O) groups is 1. The number of non-ortho nitro benzene ring substituents is 1. The lowest BCUT2D eigenvalue weighted by Gasteiger charge is -2.23. The number of nitro benzene ring substituents is 1. The summed E-state index contributed by atoms with van der Waals surface area (Å²) >= 11 is 0. The first-order valence-electron chi connectivity index (χ1n) is 8.83. The van der Waals surface area contributed by atoms with Crippen LogP contribution in [0.5, 0.6) is 5.75 Å². The number of ether oxygens (including phenoxy) is 1. The summed E-state index contributed by atoms with van der Waals surface area (Å²) in [5.41, 5.74) is 1.13. The number of anilines is 1. The SMILES string of the molecule is CCOc1cccc(CNC(=O)CN(c2cc([N+](=O)[O-])ccc2C)S(C)(=O)=O)c1. The summed E-state index contributed by atoms with van der Waals surface area (Å²) in [6.45, 7) is 3.69. The number of benzene rings is 2. The van der Waals surface area contributed by atoms with Crippen LogP contribution in [0, 0.1) is 17.0 Å². The van der Waals surface area contributed by atoms with Crippen molar-refractivity contribution in [2.24, 2.45) is 0 Å². The van der Waals surface area contributed by atoms with Gasteiger partial charge in [0.2, 0.25) is 15.9 Å². The molecule has 9 nitrogen and oxygen atoms in total. The Morgan fingerprint density at radius 2 is 1.97 bits per heavy atom. The topological polar surface area (TPSA) is 119 Å². The summed E-state index contributed by atoms with van der Waals surface area (Å²) in [7, 11) is -3.85. The van der Waals surface area contributed by atoms with E-state index >= 15 is 0 Å². The summed E-state index contributed by atoms with van der Waals surface area (Å²) in [6.07, 6.45) is 0.949. The van der Waals surface area contributed by atoms with Crippen molar-refractivity contribution in [2.75, 3.05) is 23.7 Å². The molecular weight excluding hydrogens is 398 g/mol. The normalized spacial score (nSPS) is 11.0. The van der Waals surface area contributed by atoms with Crippen molar-refractivity contribution in [3.05, 3.63) is 63.7 Å². The highest BCUT2D eigenvalue weighted by Crippen LogP contribution is 2.27. The molecule has 0 bridgehead atoms. The summed E-state index contributed by atoms with van der Waals surface area (Å²) in [5.74, 6) is 0.132. The monoisotopic (exact) mass is 421 g/mol. The van der Waals surface area contributed by atoms with E-state index in [2.05, 4.69) is 5.32 Å². The van der Waals surface area contributed by atoms with Crippen molar-refractivity contribution in [2.45, 2.75) is 20.4 Å². The lowest BCUT2D eigenvalue weighted by Crippen LogP contribution is -2.40. The second-order valence-corrected chi connectivity index (χ2v) is 8.26. The van der Waals surface area contributed by atoms with Gasteiger partial charge in [0.1, 0.15) is 12.3 Å². The first-order valence-corrected chi connectivity index (χ1v) is 10.7. The van der Waals surface area contributed by atoms with E-state index in [0.717, 1.165) is 22.2 Å². The van der Waals surface area contributed by atoms with Crippen molar-refractivity contribution in [1.29, 1.82) is 0 Å². The van der Waals surface area contributed by atoms with Crippen molar-refractivity contribution in [3.63, 3.8) is 0 Å². The van der Waals surface area contributed by atoms with Crippen LogP contribution in [0.15, 0.2) is 42.5 Å². The van der Waals surface area contributed by atoms with Gasteiger partial charge in [0.25, 0.3) is 5.69 Å². The third kappa shape index (κ3) is 6.18. The molecule has 0 unspecified atom stereocenters. The summed E-state index contributed by atoms with van der Waals surface area (Å²) < 4.78 is 30.8. The molecule has 0 aromatic heterocycles. The Morgan fingerprint density at radius 3 is 2.59 bits per heavy atom. The van der Waals surface area contributed by atoms with E-state index in [1.54, 1.807) is 25.1 Å². The van der Waals surface area contributed by atoms with E-state index in [-0.39, 0.29) is 17.9 Å². The highest BCUT2D eigenvalue weighted by molar-refractivity contribution is 7.92. The first kappa shape index (κ1) is 22.2. The molecule has 0 atom stereocenters. The number of hydrogen-bond donors (Lipinski definition) is 1. The average Bonchev–Trinajstić information content (AvgIpc) is 2.64. The molecule has 0 aliphatic heterocycles. The summed E-state index contributed by atoms with van der Waals surface area (Å²) in [6, 6.07) is 11.1. The minimum Gasteiger partial charge on any atom is -0.494 e. The third-order valence-electron chi connectivity index (χ3n) is 4.06. The maximum Gasteiger partial charge on any atom is 0.271 e. The predicted molar refractivity (Wildman–Crippen MR) is 109 cm³/mol. The molecule has 0 saturated carbocycles. The average molecular weight is 421 g/mol. The van der Waals surface area contributed by atoms with Gasteiger partial charge in [-0.1, -0.05) is 18.2 Å². The van der Waals surface area contributed by atoms with E-state index in [1.807, 2.05) is 13.0 Å². The Morgan fingerprint density at radius 1 is 1.24 bits per heavy atom. The number of hydrogen-bond acceptors (Lipinski definition) is 6. The van der Waals surface area contributed by atoms with Crippen LogP contribution in [0.4, 0.5) is 11.4 Å². The molecule has 10 heteroatoms. The molecule has 2 aromatic rings. The molecule has 1 amide bonds. The Balaban J connectivity index is 2.17. The lowest BCUT2D eigenvalue weighted by molar-refractivity contribution is -0.384. The van der Waals surface area contributed by atoms with Gasteiger partial charge in [-0.05, 0) is 37.1 Å². The van der Waals surface area contributed by atoms with Gasteiger partial charge in [-0.2, -0.15) is 0 Å². The number of carbonyl (C=O) groups excluding carboxylic acids is 1. The number of rotatable bonds is 9. The number of nitrogens with zero attached hydrogens (tertiary/aromatic N) is 2. The smallest absolute Gasteiger partial charge is 0.271 e. The van der Waals surface area contributed by atoms with Gasteiger partial charge in [-0.3, -0.25) is 19.2 Å². The first-order chi connectivity index (χ1) is 13.6. The van der Waals surface area contributed by atoms with Crippen LogP contribution in [-0.4, -0.2) is 38.7 Å². The van der Waals surface area contributed by atoms with E-state index in [4.69, 9.17) is 4.74 Å². The van der Waals surface area contributed by atoms with Gasteiger partial charge >= 0.3 is 0 Å². The largest absolute Gasteiger partial charge is 0.494 e. The van der Waals surface area contributed by atoms with E-state index in [9.17, 15) is 23.3 Å². The maximum atomic E-state index is 12.4. The molecule has 0 aliphatic carbocycles. The second kappa shape index (κ2) is 9.37.